The van der Waals surface area contributed by atoms with Gasteiger partial charge in [0.15, 0.2) is 0 Å². The first-order valence-corrected chi connectivity index (χ1v) is 13.9. The molecular weight excluding hydrogens is 588 g/mol. The molecule has 0 aliphatic carbocycles. The fraction of sp³-hybridized carbons (Fsp3) is 0.148. The number of hydrogen-bond donors (Lipinski definition) is 2. The van der Waals surface area contributed by atoms with Crippen LogP contribution in [0.3, 0.4) is 0 Å². The third kappa shape index (κ3) is 7.13. The Labute approximate surface area is 263 Å². The number of carbonyl (C=O) groups is 1. The third-order valence-electron chi connectivity index (χ3n) is 5.69. The molecule has 4 rings (SSSR count). The average molecular weight is 610 g/mol. The first kappa shape index (κ1) is 31.8. The number of ether oxygens (including phenoxy) is 1. The van der Waals surface area contributed by atoms with E-state index in [4.69, 9.17) is 27.9 Å². The molecule has 0 bridgehead atoms. The predicted molar refractivity (Wildman–Crippen MR) is 149 cm³/mol. The van der Waals surface area contributed by atoms with Crippen LogP contribution in [0.25, 0.3) is 10.8 Å². The molecule has 1 amide bonds. The number of nitrogens with zero attached hydrogens (tertiary/aromatic N) is 2. The smallest absolute Gasteiger partial charge is 0.870 e. The van der Waals surface area contributed by atoms with Crippen LogP contribution in [0.15, 0.2) is 75.8 Å². The van der Waals surface area contributed by atoms with Gasteiger partial charge in [-0.3, -0.25) is 9.35 Å². The molecule has 0 aliphatic rings. The minimum atomic E-state index is -4.71. The maximum Gasteiger partial charge on any atom is 1.00 e. The summed E-state index contributed by atoms with van der Waals surface area (Å²) < 4.78 is 39.3. The molecule has 0 saturated heterocycles. The Morgan fingerprint density at radius 2 is 1.68 bits per heavy atom. The van der Waals surface area contributed by atoms with Crippen molar-refractivity contribution in [2.75, 3.05) is 11.9 Å². The summed E-state index contributed by atoms with van der Waals surface area (Å²) in [7, 11) is -4.71. The van der Waals surface area contributed by atoms with Crippen LogP contribution in [0.1, 0.15) is 29.8 Å². The van der Waals surface area contributed by atoms with Gasteiger partial charge in [-0.05, 0) is 54.6 Å². The zero-order valence-corrected chi connectivity index (χ0v) is 26.1. The molecule has 0 unspecified atom stereocenters. The average Bonchev–Trinajstić information content (AvgIpc) is 2.87. The van der Waals surface area contributed by atoms with Gasteiger partial charge in [-0.1, -0.05) is 60.1 Å². The summed E-state index contributed by atoms with van der Waals surface area (Å²) >= 11 is 12.2. The van der Waals surface area contributed by atoms with Gasteiger partial charge in [0, 0.05) is 32.7 Å². The van der Waals surface area contributed by atoms with Gasteiger partial charge in [0.25, 0.3) is 16.0 Å². The summed E-state index contributed by atoms with van der Waals surface area (Å²) in [5.41, 5.74) is 0.138. The monoisotopic (exact) mass is 609 g/mol. The van der Waals surface area contributed by atoms with Gasteiger partial charge in [-0.2, -0.15) is 13.5 Å². The Kier molecular flexibility index (Phi) is 10.6. The van der Waals surface area contributed by atoms with E-state index in [1.165, 1.54) is 18.2 Å². The number of halogens is 2. The maximum atomic E-state index is 13.5. The van der Waals surface area contributed by atoms with Crippen molar-refractivity contribution in [3.8, 4) is 11.5 Å². The van der Waals surface area contributed by atoms with Gasteiger partial charge >= 0.3 is 29.6 Å². The van der Waals surface area contributed by atoms with Crippen LogP contribution in [-0.2, 0) is 16.5 Å². The number of amides is 1. The molecule has 0 fully saturated rings. The van der Waals surface area contributed by atoms with Gasteiger partial charge < -0.3 is 15.2 Å². The molecule has 0 spiro atoms. The quantitative estimate of drug-likeness (QED) is 0.175. The fourth-order valence-corrected chi connectivity index (χ4v) is 5.19. The number of benzene rings is 4. The van der Waals surface area contributed by atoms with Crippen LogP contribution in [0.2, 0.25) is 10.0 Å². The molecule has 2 N–H and O–H groups in total. The number of nitrogens with one attached hydrogen (secondary N) is 1. The van der Waals surface area contributed by atoms with E-state index in [2.05, 4.69) is 15.5 Å². The van der Waals surface area contributed by atoms with E-state index in [9.17, 15) is 22.9 Å². The van der Waals surface area contributed by atoms with Crippen molar-refractivity contribution < 1.29 is 57.2 Å². The molecule has 0 radical (unpaired) electrons. The first-order valence-electron chi connectivity index (χ1n) is 11.7. The second kappa shape index (κ2) is 13.3. The summed E-state index contributed by atoms with van der Waals surface area (Å²) in [4.78, 5) is 12.7. The fourth-order valence-electron chi connectivity index (χ4n) is 3.97. The van der Waals surface area contributed by atoms with Crippen molar-refractivity contribution in [3.05, 3.63) is 81.8 Å². The van der Waals surface area contributed by atoms with E-state index >= 15 is 0 Å². The summed E-state index contributed by atoms with van der Waals surface area (Å²) in [5, 5.41) is 25.6. The predicted octanol–water partition coefficient (Wildman–Crippen LogP) is 4.10. The van der Waals surface area contributed by atoms with Crippen LogP contribution < -0.4 is 44.7 Å². The number of anilines is 1. The van der Waals surface area contributed by atoms with Crippen LogP contribution in [0.5, 0.6) is 11.5 Å². The van der Waals surface area contributed by atoms with Crippen LogP contribution in [0, 0.1) is 0 Å². The largest absolute Gasteiger partial charge is 1.00 e. The number of fused-ring (bicyclic) bond motifs is 1. The van der Waals surface area contributed by atoms with Crippen molar-refractivity contribution in [1.82, 2.24) is 0 Å². The van der Waals surface area contributed by atoms with E-state index < -0.39 is 26.7 Å². The Morgan fingerprint density at radius 1 is 1.00 bits per heavy atom. The molecule has 0 atom stereocenters. The molecule has 4 aromatic rings. The Balaban J connectivity index is 0.00000441. The second-order valence-corrected chi connectivity index (χ2v) is 10.6. The number of azo groups is 1. The molecule has 4 aromatic carbocycles. The van der Waals surface area contributed by atoms with E-state index in [0.29, 0.717) is 45.8 Å². The zero-order chi connectivity index (χ0) is 28.3. The second-order valence-electron chi connectivity index (χ2n) is 8.33. The number of rotatable bonds is 8. The van der Waals surface area contributed by atoms with Gasteiger partial charge in [0.05, 0.1) is 12.3 Å². The van der Waals surface area contributed by atoms with Crippen molar-refractivity contribution in [1.29, 1.82) is 0 Å². The number of hydrogen-bond acceptors (Lipinski definition) is 7. The van der Waals surface area contributed by atoms with Crippen molar-refractivity contribution in [2.45, 2.75) is 25.2 Å². The van der Waals surface area contributed by atoms with E-state index in [1.807, 2.05) is 0 Å². The Morgan fingerprint density at radius 3 is 2.35 bits per heavy atom. The zero-order valence-electron chi connectivity index (χ0n) is 21.7. The molecule has 0 aromatic heterocycles. The molecular formula is C27H22Cl2N3NaO6S. The Hall–Kier alpha value is -2.70. The van der Waals surface area contributed by atoms with Crippen molar-refractivity contribution in [3.63, 3.8) is 0 Å². The molecule has 0 saturated carbocycles. The van der Waals surface area contributed by atoms with Crippen LogP contribution in [0.4, 0.5) is 17.1 Å². The Bertz CT molecular complexity index is 1730. The van der Waals surface area contributed by atoms with Crippen LogP contribution >= 0.6 is 23.2 Å². The molecule has 0 aliphatic heterocycles. The number of carbonyl (C=O) groups excluding carboxylic acids is 1. The third-order valence-corrected chi connectivity index (χ3v) is 6.99. The van der Waals surface area contributed by atoms with E-state index in [-0.39, 0.29) is 51.5 Å². The number of aryl methyl sites for hydroxylation is 1. The minimum Gasteiger partial charge on any atom is -0.870 e. The minimum absolute atomic E-state index is 0. The topological polar surface area (TPSA) is 140 Å². The molecule has 202 valence electrons. The SMILES string of the molecule is CCOc1cc(Cl)cc(NC(=O)c2cc3ccccc3c(N=Nc3c(CC)cc(Cl)cc3S(=O)(=O)O)c2[O-])c1.[Na+]. The van der Waals surface area contributed by atoms with Crippen LogP contribution in [-0.4, -0.2) is 25.5 Å². The van der Waals surface area contributed by atoms with Crippen molar-refractivity contribution in [2.24, 2.45) is 10.2 Å². The van der Waals surface area contributed by atoms with Gasteiger partial charge in [-0.25, -0.2) is 0 Å². The standard InChI is InChI=1S/C27H23Cl2N3O6S.Na/c1-3-15-9-17(28)13-23(39(35,36)37)24(15)31-32-25-21-8-6-5-7-16(21)10-22(26(25)33)27(34)30-19-11-18(29)12-20(14-19)38-4-2;/h5-14,33H,3-4H2,1-2H3,(H,30,34)(H,35,36,37);/q;+1/p-1. The van der Waals surface area contributed by atoms with E-state index in [1.54, 1.807) is 50.2 Å². The van der Waals surface area contributed by atoms with Crippen molar-refractivity contribution >= 4 is 67.1 Å². The normalized spacial score (nSPS) is 11.4. The summed E-state index contributed by atoms with van der Waals surface area (Å²) in [6.07, 6.45) is 0.314. The first-order chi connectivity index (χ1) is 18.5. The molecule has 40 heavy (non-hydrogen) atoms. The van der Waals surface area contributed by atoms with Gasteiger partial charge in [-0.15, -0.1) is 5.11 Å². The van der Waals surface area contributed by atoms with E-state index in [0.717, 1.165) is 6.07 Å². The summed E-state index contributed by atoms with van der Waals surface area (Å²) in [6, 6.07) is 15.4. The summed E-state index contributed by atoms with van der Waals surface area (Å²) in [6.45, 7) is 3.94. The summed E-state index contributed by atoms with van der Waals surface area (Å²) in [5.74, 6) is -1.01. The van der Waals surface area contributed by atoms with Gasteiger partial charge in [0.2, 0.25) is 0 Å². The van der Waals surface area contributed by atoms with Gasteiger partial charge in [0.1, 0.15) is 16.3 Å². The maximum absolute atomic E-state index is 13.5. The molecule has 0 heterocycles. The molecule has 9 nitrogen and oxygen atoms in total. The molecule has 13 heteroatoms.